The summed E-state index contributed by atoms with van der Waals surface area (Å²) in [6.07, 6.45) is 3.70. The van der Waals surface area contributed by atoms with Crippen LogP contribution in [0.5, 0.6) is 0 Å². The van der Waals surface area contributed by atoms with Gasteiger partial charge in [0.2, 0.25) is 0 Å². The molecule has 2 heterocycles. The summed E-state index contributed by atoms with van der Waals surface area (Å²) in [7, 11) is 0. The second kappa shape index (κ2) is 5.97. The molecule has 0 aromatic carbocycles. The van der Waals surface area contributed by atoms with Gasteiger partial charge in [-0.15, -0.1) is 0 Å². The van der Waals surface area contributed by atoms with E-state index in [1.54, 1.807) is 0 Å². The van der Waals surface area contributed by atoms with Gasteiger partial charge in [-0.3, -0.25) is 4.79 Å². The Labute approximate surface area is 122 Å². The van der Waals surface area contributed by atoms with Crippen LogP contribution in [0.25, 0.3) is 0 Å². The number of amides is 1. The molecule has 2 fully saturated rings. The molecule has 0 unspecified atom stereocenters. The van der Waals surface area contributed by atoms with Gasteiger partial charge in [0, 0.05) is 32.7 Å². The molecule has 1 amide bonds. The van der Waals surface area contributed by atoms with Crippen molar-refractivity contribution in [1.82, 2.24) is 15.6 Å². The summed E-state index contributed by atoms with van der Waals surface area (Å²) >= 11 is 1.40. The number of nitrogens with two attached hydrogens (primary N) is 1. The van der Waals surface area contributed by atoms with Crippen molar-refractivity contribution in [3.63, 3.8) is 0 Å². The van der Waals surface area contributed by atoms with Gasteiger partial charge >= 0.3 is 0 Å². The second-order valence-corrected chi connectivity index (χ2v) is 6.41. The van der Waals surface area contributed by atoms with Crippen LogP contribution < -0.4 is 21.3 Å². The topological polar surface area (TPSA) is 83.3 Å². The lowest BCUT2D eigenvalue weighted by atomic mass is 10.3. The van der Waals surface area contributed by atoms with Crippen LogP contribution in [0.15, 0.2) is 0 Å². The van der Waals surface area contributed by atoms with Crippen LogP contribution in [0.3, 0.4) is 0 Å². The molecular formula is C13H21N5OS. The van der Waals surface area contributed by atoms with Crippen molar-refractivity contribution >= 4 is 28.2 Å². The number of thiazole rings is 1. The molecule has 20 heavy (non-hydrogen) atoms. The smallest absolute Gasteiger partial charge is 0.265 e. The molecule has 0 spiro atoms. The monoisotopic (exact) mass is 295 g/mol. The van der Waals surface area contributed by atoms with Crippen molar-refractivity contribution < 1.29 is 4.79 Å². The molecule has 0 atom stereocenters. The number of carbonyl (C=O) groups excluding carboxylic acids is 1. The Kier molecular flexibility index (Phi) is 4.07. The Bertz CT molecular complexity index is 479. The van der Waals surface area contributed by atoms with Gasteiger partial charge in [-0.2, -0.15) is 0 Å². The van der Waals surface area contributed by atoms with Crippen molar-refractivity contribution in [3.05, 3.63) is 4.88 Å². The van der Waals surface area contributed by atoms with Crippen LogP contribution in [0, 0.1) is 5.92 Å². The summed E-state index contributed by atoms with van der Waals surface area (Å²) in [4.78, 5) is 19.2. The summed E-state index contributed by atoms with van der Waals surface area (Å²) < 4.78 is 0. The van der Waals surface area contributed by atoms with Crippen LogP contribution >= 0.6 is 11.3 Å². The van der Waals surface area contributed by atoms with E-state index in [1.165, 1.54) is 24.2 Å². The fraction of sp³-hybridized carbons (Fsp3) is 0.692. The third-order valence-electron chi connectivity index (χ3n) is 3.77. The molecule has 3 rings (SSSR count). The number of aromatic nitrogens is 1. The van der Waals surface area contributed by atoms with Crippen LogP contribution in [-0.2, 0) is 0 Å². The van der Waals surface area contributed by atoms with Crippen molar-refractivity contribution in [2.45, 2.75) is 19.3 Å². The van der Waals surface area contributed by atoms with Gasteiger partial charge in [0.05, 0.1) is 0 Å². The molecular weight excluding hydrogens is 274 g/mol. The van der Waals surface area contributed by atoms with Crippen LogP contribution in [0.2, 0.25) is 0 Å². The summed E-state index contributed by atoms with van der Waals surface area (Å²) in [6, 6.07) is 0. The SMILES string of the molecule is Nc1nc(N2CCNCC2)sc1C(=O)NCCC1CC1. The highest BCUT2D eigenvalue weighted by Gasteiger charge is 2.23. The average Bonchev–Trinajstić information content (AvgIpc) is 3.20. The molecule has 1 aliphatic carbocycles. The molecule has 0 radical (unpaired) electrons. The van der Waals surface area contributed by atoms with Gasteiger partial charge < -0.3 is 21.3 Å². The Hall–Kier alpha value is -1.34. The highest BCUT2D eigenvalue weighted by atomic mass is 32.1. The lowest BCUT2D eigenvalue weighted by Crippen LogP contribution is -2.43. The molecule has 4 N–H and O–H groups in total. The minimum Gasteiger partial charge on any atom is -0.382 e. The molecule has 1 aromatic heterocycles. The van der Waals surface area contributed by atoms with Crippen molar-refractivity contribution in [2.24, 2.45) is 5.92 Å². The van der Waals surface area contributed by atoms with Gasteiger partial charge in [-0.25, -0.2) is 4.98 Å². The molecule has 1 aliphatic heterocycles. The maximum absolute atomic E-state index is 12.1. The van der Waals surface area contributed by atoms with E-state index in [-0.39, 0.29) is 5.91 Å². The molecule has 7 heteroatoms. The molecule has 2 aliphatic rings. The van der Waals surface area contributed by atoms with E-state index in [0.717, 1.165) is 50.2 Å². The Morgan fingerprint density at radius 2 is 2.20 bits per heavy atom. The van der Waals surface area contributed by atoms with E-state index in [0.29, 0.717) is 10.7 Å². The third kappa shape index (κ3) is 3.21. The minimum absolute atomic E-state index is 0.0814. The van der Waals surface area contributed by atoms with E-state index < -0.39 is 0 Å². The third-order valence-corrected chi connectivity index (χ3v) is 4.90. The minimum atomic E-state index is -0.0814. The zero-order valence-electron chi connectivity index (χ0n) is 11.5. The predicted molar refractivity (Wildman–Crippen MR) is 81.3 cm³/mol. The lowest BCUT2D eigenvalue weighted by molar-refractivity contribution is 0.0957. The van der Waals surface area contributed by atoms with Gasteiger partial charge in [0.25, 0.3) is 5.91 Å². The predicted octanol–water partition coefficient (Wildman–Crippen LogP) is 0.665. The van der Waals surface area contributed by atoms with Gasteiger partial charge in [0.15, 0.2) is 5.13 Å². The first-order valence-corrected chi connectivity index (χ1v) is 8.06. The van der Waals surface area contributed by atoms with Crippen molar-refractivity contribution in [3.8, 4) is 0 Å². The Morgan fingerprint density at radius 1 is 1.45 bits per heavy atom. The number of nitrogens with one attached hydrogen (secondary N) is 2. The maximum Gasteiger partial charge on any atom is 0.265 e. The van der Waals surface area contributed by atoms with E-state index in [4.69, 9.17) is 5.73 Å². The maximum atomic E-state index is 12.1. The standard InChI is InChI=1S/C13H21N5OS/c14-11-10(12(19)16-4-3-9-1-2-9)20-13(17-11)18-7-5-15-6-8-18/h9,15H,1-8,14H2,(H,16,19). The lowest BCUT2D eigenvalue weighted by Gasteiger charge is -2.26. The fourth-order valence-electron chi connectivity index (χ4n) is 2.35. The highest BCUT2D eigenvalue weighted by Crippen LogP contribution is 2.32. The quantitative estimate of drug-likeness (QED) is 0.743. The second-order valence-electron chi connectivity index (χ2n) is 5.44. The number of nitrogen functional groups attached to an aromatic ring is 1. The summed E-state index contributed by atoms with van der Waals surface area (Å²) in [6.45, 7) is 4.46. The van der Waals surface area contributed by atoms with E-state index in [2.05, 4.69) is 20.5 Å². The Morgan fingerprint density at radius 3 is 2.90 bits per heavy atom. The molecule has 1 saturated carbocycles. The zero-order chi connectivity index (χ0) is 13.9. The number of hydrogen-bond donors (Lipinski definition) is 3. The average molecular weight is 295 g/mol. The van der Waals surface area contributed by atoms with Crippen LogP contribution in [0.1, 0.15) is 28.9 Å². The van der Waals surface area contributed by atoms with Crippen molar-refractivity contribution in [2.75, 3.05) is 43.4 Å². The molecule has 0 bridgehead atoms. The van der Waals surface area contributed by atoms with Gasteiger partial charge in [0.1, 0.15) is 10.7 Å². The molecule has 1 aromatic rings. The Balaban J connectivity index is 1.59. The summed E-state index contributed by atoms with van der Waals surface area (Å²) in [5, 5.41) is 7.10. The van der Waals surface area contributed by atoms with Crippen LogP contribution in [-0.4, -0.2) is 43.6 Å². The van der Waals surface area contributed by atoms with Crippen LogP contribution in [0.4, 0.5) is 10.9 Å². The number of nitrogens with zero attached hydrogens (tertiary/aromatic N) is 2. The fourth-order valence-corrected chi connectivity index (χ4v) is 3.30. The molecule has 6 nitrogen and oxygen atoms in total. The largest absolute Gasteiger partial charge is 0.382 e. The number of piperazine rings is 1. The van der Waals surface area contributed by atoms with E-state index in [9.17, 15) is 4.79 Å². The van der Waals surface area contributed by atoms with Crippen molar-refractivity contribution in [1.29, 1.82) is 0 Å². The first-order valence-electron chi connectivity index (χ1n) is 7.24. The zero-order valence-corrected chi connectivity index (χ0v) is 12.3. The number of anilines is 2. The van der Waals surface area contributed by atoms with Gasteiger partial charge in [-0.1, -0.05) is 24.2 Å². The number of carbonyl (C=O) groups is 1. The van der Waals surface area contributed by atoms with E-state index >= 15 is 0 Å². The number of hydrogen-bond acceptors (Lipinski definition) is 6. The first-order chi connectivity index (χ1) is 9.74. The normalized spacial score (nSPS) is 19.1. The summed E-state index contributed by atoms with van der Waals surface area (Å²) in [5.74, 6) is 1.10. The summed E-state index contributed by atoms with van der Waals surface area (Å²) in [5.41, 5.74) is 5.89. The molecule has 1 saturated heterocycles. The van der Waals surface area contributed by atoms with E-state index in [1.807, 2.05) is 0 Å². The molecule has 110 valence electrons. The first kappa shape index (κ1) is 13.6. The highest BCUT2D eigenvalue weighted by molar-refractivity contribution is 7.18. The van der Waals surface area contributed by atoms with Gasteiger partial charge in [-0.05, 0) is 12.3 Å². The number of rotatable bonds is 5.